The lowest BCUT2D eigenvalue weighted by atomic mass is 10.2. The van der Waals surface area contributed by atoms with Crippen molar-refractivity contribution in [2.45, 2.75) is 13.0 Å². The van der Waals surface area contributed by atoms with Gasteiger partial charge in [0.15, 0.2) is 0 Å². The van der Waals surface area contributed by atoms with Crippen LogP contribution in [-0.4, -0.2) is 30.7 Å². The summed E-state index contributed by atoms with van der Waals surface area (Å²) in [7, 11) is 1.42. The molecular formula is C11H14ClFN2O2. The summed E-state index contributed by atoms with van der Waals surface area (Å²) in [5, 5.41) is 9.04. The number of aliphatic hydroxyl groups is 1. The van der Waals surface area contributed by atoms with Crippen LogP contribution in [0.4, 0.5) is 10.1 Å². The Bertz CT molecular complexity index is 440. The minimum atomic E-state index is -1.04. The Morgan fingerprint density at radius 3 is 2.76 bits per heavy atom. The first-order valence-corrected chi connectivity index (χ1v) is 5.36. The fourth-order valence-electron chi connectivity index (χ4n) is 1.34. The number of aryl methyl sites for hydroxylation is 1. The van der Waals surface area contributed by atoms with Gasteiger partial charge in [0.25, 0.3) is 0 Å². The zero-order chi connectivity index (χ0) is 13.2. The third kappa shape index (κ3) is 2.94. The van der Waals surface area contributed by atoms with Gasteiger partial charge in [0, 0.05) is 7.05 Å². The molecule has 0 saturated heterocycles. The molecule has 4 nitrogen and oxygen atoms in total. The van der Waals surface area contributed by atoms with Gasteiger partial charge in [-0.1, -0.05) is 11.6 Å². The van der Waals surface area contributed by atoms with Gasteiger partial charge in [-0.15, -0.1) is 0 Å². The third-order valence-electron chi connectivity index (χ3n) is 2.43. The number of nitrogens with zero attached hydrogens (tertiary/aromatic N) is 1. The summed E-state index contributed by atoms with van der Waals surface area (Å²) in [6, 6.07) is 1.56. The molecule has 0 aliphatic heterocycles. The van der Waals surface area contributed by atoms with Crippen LogP contribution < -0.4 is 10.6 Å². The van der Waals surface area contributed by atoms with E-state index in [1.165, 1.54) is 19.2 Å². The largest absolute Gasteiger partial charge is 0.394 e. The normalized spacial score (nSPS) is 12.4. The van der Waals surface area contributed by atoms with Gasteiger partial charge in [0.05, 0.1) is 17.3 Å². The number of hydrogen-bond donors (Lipinski definition) is 2. The zero-order valence-electron chi connectivity index (χ0n) is 9.58. The number of hydrogen-bond acceptors (Lipinski definition) is 3. The molecule has 1 aromatic rings. The Labute approximate surface area is 104 Å². The number of amides is 1. The highest BCUT2D eigenvalue weighted by Crippen LogP contribution is 2.28. The van der Waals surface area contributed by atoms with Crippen molar-refractivity contribution in [1.82, 2.24) is 0 Å². The lowest BCUT2D eigenvalue weighted by Crippen LogP contribution is -2.44. The minimum Gasteiger partial charge on any atom is -0.394 e. The molecular weight excluding hydrogens is 247 g/mol. The van der Waals surface area contributed by atoms with Crippen LogP contribution in [0.25, 0.3) is 0 Å². The smallest absolute Gasteiger partial charge is 0.246 e. The molecule has 6 heteroatoms. The van der Waals surface area contributed by atoms with E-state index in [1.807, 2.05) is 0 Å². The van der Waals surface area contributed by atoms with E-state index in [-0.39, 0.29) is 10.7 Å². The number of carbonyl (C=O) groups excluding carboxylic acids is 1. The molecule has 3 N–H and O–H groups in total. The minimum absolute atomic E-state index is 0.226. The van der Waals surface area contributed by atoms with Crippen molar-refractivity contribution < 1.29 is 14.3 Å². The summed E-state index contributed by atoms with van der Waals surface area (Å²) < 4.78 is 13.4. The summed E-state index contributed by atoms with van der Waals surface area (Å²) in [5.41, 5.74) is 6.01. The first kappa shape index (κ1) is 13.9. The average Bonchev–Trinajstić information content (AvgIpc) is 2.31. The predicted molar refractivity (Wildman–Crippen MR) is 64.6 cm³/mol. The molecule has 0 aliphatic carbocycles. The predicted octanol–water partition coefficient (Wildman–Crippen LogP) is 1.07. The number of likely N-dealkylation sites (N-methyl/N-ethyl adjacent to an activating group) is 1. The third-order valence-corrected chi connectivity index (χ3v) is 2.74. The first-order chi connectivity index (χ1) is 7.88. The summed E-state index contributed by atoms with van der Waals surface area (Å²) in [6.07, 6.45) is 0. The second kappa shape index (κ2) is 5.44. The number of carbonyl (C=O) groups is 1. The van der Waals surface area contributed by atoms with Crippen molar-refractivity contribution in [3.05, 3.63) is 28.5 Å². The molecule has 1 amide bonds. The molecule has 0 saturated carbocycles. The van der Waals surface area contributed by atoms with Gasteiger partial charge in [0.2, 0.25) is 5.91 Å². The highest BCUT2D eigenvalue weighted by molar-refractivity contribution is 6.33. The van der Waals surface area contributed by atoms with Crippen LogP contribution >= 0.6 is 11.6 Å². The number of halogens is 2. The van der Waals surface area contributed by atoms with Crippen LogP contribution in [0.5, 0.6) is 0 Å². The molecule has 0 heterocycles. The zero-order valence-corrected chi connectivity index (χ0v) is 10.3. The Kier molecular flexibility index (Phi) is 4.45. The van der Waals surface area contributed by atoms with Gasteiger partial charge < -0.3 is 15.7 Å². The molecule has 1 rings (SSSR count). The summed E-state index contributed by atoms with van der Waals surface area (Å²) in [6.45, 7) is 1.10. The molecule has 0 bridgehead atoms. The van der Waals surface area contributed by atoms with E-state index < -0.39 is 24.4 Å². The topological polar surface area (TPSA) is 66.6 Å². The van der Waals surface area contributed by atoms with Crippen LogP contribution in [0.2, 0.25) is 5.02 Å². The first-order valence-electron chi connectivity index (χ1n) is 4.98. The van der Waals surface area contributed by atoms with Crippen molar-refractivity contribution in [2.24, 2.45) is 5.73 Å². The number of rotatable bonds is 3. The fraction of sp³-hybridized carbons (Fsp3) is 0.364. The van der Waals surface area contributed by atoms with E-state index in [0.717, 1.165) is 4.90 Å². The molecule has 0 aliphatic rings. The maximum Gasteiger partial charge on any atom is 0.246 e. The van der Waals surface area contributed by atoms with Crippen molar-refractivity contribution >= 4 is 23.2 Å². The average molecular weight is 261 g/mol. The lowest BCUT2D eigenvalue weighted by Gasteiger charge is -2.21. The van der Waals surface area contributed by atoms with Crippen LogP contribution in [0.3, 0.4) is 0 Å². The Hall–Kier alpha value is -1.17. The maximum absolute atomic E-state index is 13.4. The SMILES string of the molecule is Cc1cc(Cl)c(N(C)C(=O)C(N)CO)cc1F. The van der Waals surface area contributed by atoms with E-state index in [4.69, 9.17) is 22.4 Å². The molecule has 0 aromatic heterocycles. The van der Waals surface area contributed by atoms with Crippen molar-refractivity contribution in [1.29, 1.82) is 0 Å². The van der Waals surface area contributed by atoms with Crippen molar-refractivity contribution in [3.63, 3.8) is 0 Å². The quantitative estimate of drug-likeness (QED) is 0.854. The number of nitrogens with two attached hydrogens (primary N) is 1. The van der Waals surface area contributed by atoms with E-state index in [9.17, 15) is 9.18 Å². The Balaban J connectivity index is 3.08. The molecule has 17 heavy (non-hydrogen) atoms. The van der Waals surface area contributed by atoms with Gasteiger partial charge in [-0.05, 0) is 24.6 Å². The Morgan fingerprint density at radius 1 is 1.65 bits per heavy atom. The molecule has 1 unspecified atom stereocenters. The van der Waals surface area contributed by atoms with Gasteiger partial charge in [0.1, 0.15) is 11.9 Å². The number of anilines is 1. The molecule has 0 radical (unpaired) electrons. The van der Waals surface area contributed by atoms with Crippen LogP contribution in [-0.2, 0) is 4.79 Å². The van der Waals surface area contributed by atoms with Crippen molar-refractivity contribution in [3.8, 4) is 0 Å². The second-order valence-electron chi connectivity index (χ2n) is 3.74. The second-order valence-corrected chi connectivity index (χ2v) is 4.15. The molecule has 0 spiro atoms. The van der Waals surface area contributed by atoms with Crippen molar-refractivity contribution in [2.75, 3.05) is 18.6 Å². The molecule has 0 fully saturated rings. The highest BCUT2D eigenvalue weighted by atomic mass is 35.5. The van der Waals surface area contributed by atoms with E-state index >= 15 is 0 Å². The summed E-state index contributed by atoms with van der Waals surface area (Å²) in [4.78, 5) is 12.8. The van der Waals surface area contributed by atoms with Gasteiger partial charge >= 0.3 is 0 Å². The summed E-state index contributed by atoms with van der Waals surface area (Å²) >= 11 is 5.92. The number of benzene rings is 1. The van der Waals surface area contributed by atoms with Crippen LogP contribution in [0, 0.1) is 12.7 Å². The van der Waals surface area contributed by atoms with Gasteiger partial charge in [-0.3, -0.25) is 4.79 Å². The van der Waals surface area contributed by atoms with Gasteiger partial charge in [-0.25, -0.2) is 4.39 Å². The van der Waals surface area contributed by atoms with Gasteiger partial charge in [-0.2, -0.15) is 0 Å². The Morgan fingerprint density at radius 2 is 2.24 bits per heavy atom. The molecule has 1 atom stereocenters. The van der Waals surface area contributed by atoms with E-state index in [0.29, 0.717) is 5.56 Å². The lowest BCUT2D eigenvalue weighted by molar-refractivity contribution is -0.120. The standard InChI is InChI=1S/C11H14ClFN2O2/c1-6-3-7(12)10(4-8(6)13)15(2)11(17)9(14)5-16/h3-4,9,16H,5,14H2,1-2H3. The monoisotopic (exact) mass is 260 g/mol. The number of aliphatic hydroxyl groups excluding tert-OH is 1. The molecule has 94 valence electrons. The van der Waals surface area contributed by atoms with E-state index in [2.05, 4.69) is 0 Å². The fourth-order valence-corrected chi connectivity index (χ4v) is 1.68. The highest BCUT2D eigenvalue weighted by Gasteiger charge is 2.21. The maximum atomic E-state index is 13.4. The van der Waals surface area contributed by atoms with Crippen LogP contribution in [0.1, 0.15) is 5.56 Å². The van der Waals surface area contributed by atoms with Crippen LogP contribution in [0.15, 0.2) is 12.1 Å². The summed E-state index contributed by atoms with van der Waals surface area (Å²) in [5.74, 6) is -0.987. The van der Waals surface area contributed by atoms with E-state index in [1.54, 1.807) is 6.92 Å². The molecule has 1 aromatic carbocycles.